The molecule has 148 valence electrons. The second-order valence-corrected chi connectivity index (χ2v) is 7.01. The lowest BCUT2D eigenvalue weighted by Gasteiger charge is -2.17. The number of hydrogen-bond donors (Lipinski definition) is 2. The van der Waals surface area contributed by atoms with Gasteiger partial charge in [-0.25, -0.2) is 4.98 Å². The van der Waals surface area contributed by atoms with Crippen LogP contribution in [0.15, 0.2) is 54.7 Å². The molecule has 29 heavy (non-hydrogen) atoms. The minimum absolute atomic E-state index is 0.247. The van der Waals surface area contributed by atoms with Crippen LogP contribution in [0.25, 0.3) is 0 Å². The predicted octanol–water partition coefficient (Wildman–Crippen LogP) is 2.47. The molecule has 2 aromatic heterocycles. The number of carbonyl (C=O) groups is 2. The Labute approximate surface area is 169 Å². The van der Waals surface area contributed by atoms with Gasteiger partial charge in [0.15, 0.2) is 5.82 Å². The SMILES string of the molecule is O=C(NCc1ccccc1)c1nc(C(=O)NCc2ccccn2)n2c1CCCC2. The second kappa shape index (κ2) is 8.68. The average Bonchev–Trinajstić information content (AvgIpc) is 3.17. The van der Waals surface area contributed by atoms with Crippen LogP contribution in [0.2, 0.25) is 0 Å². The maximum Gasteiger partial charge on any atom is 0.287 e. The summed E-state index contributed by atoms with van der Waals surface area (Å²) in [6.07, 6.45) is 4.39. The summed E-state index contributed by atoms with van der Waals surface area (Å²) in [7, 11) is 0. The van der Waals surface area contributed by atoms with Gasteiger partial charge in [-0.05, 0) is 37.0 Å². The first-order valence-electron chi connectivity index (χ1n) is 9.82. The third-order valence-electron chi connectivity index (χ3n) is 4.99. The van der Waals surface area contributed by atoms with E-state index in [1.807, 2.05) is 53.1 Å². The van der Waals surface area contributed by atoms with Gasteiger partial charge in [-0.15, -0.1) is 0 Å². The summed E-state index contributed by atoms with van der Waals surface area (Å²) >= 11 is 0. The highest BCUT2D eigenvalue weighted by atomic mass is 16.2. The Kier molecular flexibility index (Phi) is 5.65. The highest BCUT2D eigenvalue weighted by Gasteiger charge is 2.27. The van der Waals surface area contributed by atoms with Crippen molar-refractivity contribution < 1.29 is 9.59 Å². The molecule has 1 aliphatic heterocycles. The van der Waals surface area contributed by atoms with Crippen molar-refractivity contribution in [3.05, 3.63) is 83.2 Å². The molecule has 0 bridgehead atoms. The van der Waals surface area contributed by atoms with E-state index in [0.717, 1.165) is 36.2 Å². The Morgan fingerprint density at radius 3 is 2.52 bits per heavy atom. The van der Waals surface area contributed by atoms with Crippen LogP contribution in [0.3, 0.4) is 0 Å². The number of fused-ring (bicyclic) bond motifs is 1. The van der Waals surface area contributed by atoms with Gasteiger partial charge in [0, 0.05) is 19.3 Å². The van der Waals surface area contributed by atoms with Gasteiger partial charge in [0.1, 0.15) is 5.69 Å². The number of amides is 2. The molecule has 3 aromatic rings. The normalized spacial score (nSPS) is 12.8. The molecule has 0 unspecified atom stereocenters. The van der Waals surface area contributed by atoms with Crippen LogP contribution in [0.4, 0.5) is 0 Å². The van der Waals surface area contributed by atoms with E-state index in [9.17, 15) is 9.59 Å². The summed E-state index contributed by atoms with van der Waals surface area (Å²) in [4.78, 5) is 34.2. The van der Waals surface area contributed by atoms with Crippen molar-refractivity contribution in [1.29, 1.82) is 0 Å². The van der Waals surface area contributed by atoms with Crippen LogP contribution >= 0.6 is 0 Å². The molecule has 3 heterocycles. The van der Waals surface area contributed by atoms with E-state index in [4.69, 9.17) is 0 Å². The third-order valence-corrected chi connectivity index (χ3v) is 4.99. The third kappa shape index (κ3) is 4.34. The highest BCUT2D eigenvalue weighted by molar-refractivity contribution is 5.97. The molecule has 1 aromatic carbocycles. The monoisotopic (exact) mass is 389 g/mol. The summed E-state index contributed by atoms with van der Waals surface area (Å²) < 4.78 is 1.88. The number of nitrogens with zero attached hydrogens (tertiary/aromatic N) is 3. The number of imidazole rings is 1. The largest absolute Gasteiger partial charge is 0.347 e. The van der Waals surface area contributed by atoms with Gasteiger partial charge in [0.25, 0.3) is 11.8 Å². The van der Waals surface area contributed by atoms with Gasteiger partial charge in [0.2, 0.25) is 0 Å². The van der Waals surface area contributed by atoms with Gasteiger partial charge in [-0.3, -0.25) is 14.6 Å². The molecular weight excluding hydrogens is 366 g/mol. The van der Waals surface area contributed by atoms with Crippen molar-refractivity contribution >= 4 is 11.8 Å². The van der Waals surface area contributed by atoms with Crippen LogP contribution in [-0.2, 0) is 26.1 Å². The summed E-state index contributed by atoms with van der Waals surface area (Å²) in [6.45, 7) is 1.44. The number of rotatable bonds is 6. The Morgan fingerprint density at radius 1 is 0.931 bits per heavy atom. The molecule has 2 amide bonds. The van der Waals surface area contributed by atoms with E-state index in [-0.39, 0.29) is 11.8 Å². The standard InChI is InChI=1S/C22H23N5O2/c28-21(24-14-16-8-2-1-3-9-16)19-18-11-5-7-13-27(18)20(26-19)22(29)25-15-17-10-4-6-12-23-17/h1-4,6,8-10,12H,5,7,11,13-15H2,(H,24,28)(H,25,29). The summed E-state index contributed by atoms with van der Waals surface area (Å²) in [6, 6.07) is 15.3. The zero-order valence-corrected chi connectivity index (χ0v) is 16.1. The molecule has 0 radical (unpaired) electrons. The van der Waals surface area contributed by atoms with Crippen LogP contribution in [0.1, 0.15) is 50.9 Å². The molecule has 0 saturated heterocycles. The molecule has 0 saturated carbocycles. The molecule has 4 rings (SSSR count). The zero-order chi connectivity index (χ0) is 20.1. The van der Waals surface area contributed by atoms with Gasteiger partial charge in [0.05, 0.1) is 17.9 Å². The number of carbonyl (C=O) groups excluding carboxylic acids is 2. The van der Waals surface area contributed by atoms with Gasteiger partial charge >= 0.3 is 0 Å². The summed E-state index contributed by atoms with van der Waals surface area (Å²) in [5, 5.41) is 5.78. The highest BCUT2D eigenvalue weighted by Crippen LogP contribution is 2.21. The number of aromatic nitrogens is 3. The Morgan fingerprint density at radius 2 is 1.72 bits per heavy atom. The van der Waals surface area contributed by atoms with Crippen LogP contribution in [0, 0.1) is 0 Å². The fourth-order valence-corrected chi connectivity index (χ4v) is 3.51. The molecule has 7 heteroatoms. The van der Waals surface area contributed by atoms with Gasteiger partial charge < -0.3 is 15.2 Å². The first-order chi connectivity index (χ1) is 14.2. The van der Waals surface area contributed by atoms with E-state index < -0.39 is 0 Å². The van der Waals surface area contributed by atoms with E-state index in [1.54, 1.807) is 6.20 Å². The molecule has 7 nitrogen and oxygen atoms in total. The van der Waals surface area contributed by atoms with Crippen LogP contribution in [0.5, 0.6) is 0 Å². The molecule has 0 fully saturated rings. The fraction of sp³-hybridized carbons (Fsp3) is 0.273. The van der Waals surface area contributed by atoms with Crippen molar-refractivity contribution in [2.24, 2.45) is 0 Å². The molecular formula is C22H23N5O2. The quantitative estimate of drug-likeness (QED) is 0.678. The van der Waals surface area contributed by atoms with E-state index in [1.165, 1.54) is 0 Å². The smallest absolute Gasteiger partial charge is 0.287 e. The molecule has 0 aliphatic carbocycles. The van der Waals surface area contributed by atoms with Crippen LogP contribution in [-0.4, -0.2) is 26.3 Å². The lowest BCUT2D eigenvalue weighted by molar-refractivity contribution is 0.0934. The van der Waals surface area contributed by atoms with Crippen molar-refractivity contribution in [3.63, 3.8) is 0 Å². The van der Waals surface area contributed by atoms with E-state index in [2.05, 4.69) is 20.6 Å². The molecule has 2 N–H and O–H groups in total. The van der Waals surface area contributed by atoms with E-state index >= 15 is 0 Å². The summed E-state index contributed by atoms with van der Waals surface area (Å²) in [5.41, 5.74) is 2.97. The number of hydrogen-bond acceptors (Lipinski definition) is 4. The lowest BCUT2D eigenvalue weighted by atomic mass is 10.1. The maximum absolute atomic E-state index is 12.8. The Bertz CT molecular complexity index is 919. The van der Waals surface area contributed by atoms with Crippen molar-refractivity contribution in [1.82, 2.24) is 25.2 Å². The minimum atomic E-state index is -0.291. The van der Waals surface area contributed by atoms with Crippen LogP contribution < -0.4 is 10.6 Å². The van der Waals surface area contributed by atoms with Gasteiger partial charge in [-0.1, -0.05) is 36.4 Å². The summed E-state index contributed by atoms with van der Waals surface area (Å²) in [5.74, 6) is -0.246. The van der Waals surface area contributed by atoms with Crippen molar-refractivity contribution in [2.45, 2.75) is 38.9 Å². The van der Waals surface area contributed by atoms with E-state index in [0.29, 0.717) is 31.2 Å². The average molecular weight is 389 g/mol. The Hall–Kier alpha value is -3.48. The zero-order valence-electron chi connectivity index (χ0n) is 16.1. The maximum atomic E-state index is 12.8. The molecule has 0 spiro atoms. The van der Waals surface area contributed by atoms with Gasteiger partial charge in [-0.2, -0.15) is 0 Å². The first kappa shape index (κ1) is 18.9. The van der Waals surface area contributed by atoms with Crippen molar-refractivity contribution in [3.8, 4) is 0 Å². The topological polar surface area (TPSA) is 88.9 Å². The number of benzene rings is 1. The fourth-order valence-electron chi connectivity index (χ4n) is 3.51. The molecule has 0 atom stereocenters. The number of pyridine rings is 1. The van der Waals surface area contributed by atoms with Crippen molar-refractivity contribution in [2.75, 3.05) is 0 Å². The first-order valence-corrected chi connectivity index (χ1v) is 9.82. The minimum Gasteiger partial charge on any atom is -0.347 e. The predicted molar refractivity (Wildman–Crippen MR) is 108 cm³/mol. The lowest BCUT2D eigenvalue weighted by Crippen LogP contribution is -2.27. The molecule has 1 aliphatic rings. The number of nitrogens with one attached hydrogen (secondary N) is 2. The Balaban J connectivity index is 1.50. The second-order valence-electron chi connectivity index (χ2n) is 7.01.